The van der Waals surface area contributed by atoms with E-state index in [0.29, 0.717) is 11.3 Å². The number of likely N-dealkylation sites (N-methyl/N-ethyl adjacent to an activating group) is 1. The summed E-state index contributed by atoms with van der Waals surface area (Å²) in [5, 5.41) is 5.48. The summed E-state index contributed by atoms with van der Waals surface area (Å²) < 4.78 is 0. The number of thioether (sulfide) groups is 1. The van der Waals surface area contributed by atoms with E-state index in [9.17, 15) is 0 Å². The van der Waals surface area contributed by atoms with Crippen LogP contribution in [0.25, 0.3) is 0 Å². The highest BCUT2D eigenvalue weighted by Crippen LogP contribution is 2.23. The van der Waals surface area contributed by atoms with E-state index in [4.69, 9.17) is 0 Å². The van der Waals surface area contributed by atoms with E-state index in [1.807, 2.05) is 11.8 Å². The first kappa shape index (κ1) is 11.3. The Hall–Kier alpha value is -0.220. The minimum Gasteiger partial charge on any atom is -0.361 e. The van der Waals surface area contributed by atoms with Gasteiger partial charge in [-0.3, -0.25) is 4.99 Å². The van der Waals surface area contributed by atoms with Crippen LogP contribution in [0.5, 0.6) is 0 Å². The molecule has 0 radical (unpaired) electrons. The van der Waals surface area contributed by atoms with Gasteiger partial charge in [0.1, 0.15) is 0 Å². The van der Waals surface area contributed by atoms with Crippen molar-refractivity contribution in [1.29, 1.82) is 0 Å². The molecule has 86 valence electrons. The maximum atomic E-state index is 4.56. The highest BCUT2D eigenvalue weighted by Gasteiger charge is 2.22. The molecule has 1 N–H and O–H groups in total. The Balaban J connectivity index is 1.77. The summed E-state index contributed by atoms with van der Waals surface area (Å²) in [6, 6.07) is 0.616. The van der Waals surface area contributed by atoms with Crippen molar-refractivity contribution < 1.29 is 0 Å². The monoisotopic (exact) mass is 227 g/mol. The third-order valence-electron chi connectivity index (χ3n) is 3.12. The van der Waals surface area contributed by atoms with Gasteiger partial charge in [0, 0.05) is 17.8 Å². The van der Waals surface area contributed by atoms with E-state index in [1.54, 1.807) is 0 Å². The van der Waals surface area contributed by atoms with Gasteiger partial charge in [-0.05, 0) is 32.9 Å². The second-order valence-corrected chi connectivity index (χ2v) is 5.83. The van der Waals surface area contributed by atoms with Crippen molar-refractivity contribution in [1.82, 2.24) is 10.2 Å². The zero-order valence-electron chi connectivity index (χ0n) is 9.70. The number of hydrogen-bond acceptors (Lipinski definition) is 4. The Morgan fingerprint density at radius 3 is 3.13 bits per heavy atom. The average Bonchev–Trinajstić information content (AvgIpc) is 2.65. The van der Waals surface area contributed by atoms with Gasteiger partial charge in [-0.1, -0.05) is 18.7 Å². The summed E-state index contributed by atoms with van der Waals surface area (Å²) in [5.74, 6) is 0. The minimum atomic E-state index is 0.616. The molecule has 2 atom stereocenters. The Labute approximate surface area is 96.7 Å². The lowest BCUT2D eigenvalue weighted by atomic mass is 10.1. The van der Waals surface area contributed by atoms with E-state index >= 15 is 0 Å². The van der Waals surface area contributed by atoms with Crippen molar-refractivity contribution >= 4 is 16.9 Å². The number of amidine groups is 1. The summed E-state index contributed by atoms with van der Waals surface area (Å²) >= 11 is 1.93. The predicted molar refractivity (Wildman–Crippen MR) is 67.6 cm³/mol. The lowest BCUT2D eigenvalue weighted by Crippen LogP contribution is -2.45. The number of hydrogen-bond donors (Lipinski definition) is 1. The molecule has 0 amide bonds. The van der Waals surface area contributed by atoms with Crippen molar-refractivity contribution in [3.63, 3.8) is 0 Å². The Kier molecular flexibility index (Phi) is 3.92. The maximum Gasteiger partial charge on any atom is 0.157 e. The first-order valence-corrected chi connectivity index (χ1v) is 6.82. The molecule has 2 heterocycles. The smallest absolute Gasteiger partial charge is 0.157 e. The summed E-state index contributed by atoms with van der Waals surface area (Å²) in [7, 11) is 2.20. The molecule has 0 aromatic carbocycles. The van der Waals surface area contributed by atoms with E-state index in [-0.39, 0.29) is 0 Å². The molecule has 0 spiro atoms. The molecule has 0 aromatic rings. The van der Waals surface area contributed by atoms with E-state index in [1.165, 1.54) is 31.0 Å². The van der Waals surface area contributed by atoms with Crippen LogP contribution in [0.2, 0.25) is 0 Å². The summed E-state index contributed by atoms with van der Waals surface area (Å²) in [5.41, 5.74) is 0. The van der Waals surface area contributed by atoms with E-state index in [0.717, 1.165) is 13.1 Å². The van der Waals surface area contributed by atoms with Gasteiger partial charge in [0.15, 0.2) is 5.17 Å². The highest BCUT2D eigenvalue weighted by atomic mass is 32.2. The first-order chi connectivity index (χ1) is 7.28. The molecular formula is C11H21N3S. The van der Waals surface area contributed by atoms with Crippen molar-refractivity contribution in [3.8, 4) is 0 Å². The zero-order valence-corrected chi connectivity index (χ0v) is 10.5. The molecule has 4 heteroatoms. The van der Waals surface area contributed by atoms with Crippen LogP contribution in [0.15, 0.2) is 4.99 Å². The third kappa shape index (κ3) is 3.11. The van der Waals surface area contributed by atoms with Crippen molar-refractivity contribution in [2.45, 2.75) is 37.5 Å². The van der Waals surface area contributed by atoms with Crippen LogP contribution in [0, 0.1) is 0 Å². The maximum absolute atomic E-state index is 4.56. The van der Waals surface area contributed by atoms with Crippen molar-refractivity contribution in [2.24, 2.45) is 4.99 Å². The Bertz CT molecular complexity index is 242. The largest absolute Gasteiger partial charge is 0.361 e. The van der Waals surface area contributed by atoms with Gasteiger partial charge in [-0.25, -0.2) is 0 Å². The molecule has 0 bridgehead atoms. The topological polar surface area (TPSA) is 27.6 Å². The quantitative estimate of drug-likeness (QED) is 0.775. The second kappa shape index (κ2) is 5.21. The van der Waals surface area contributed by atoms with Gasteiger partial charge in [0.2, 0.25) is 0 Å². The molecule has 3 nitrogen and oxygen atoms in total. The molecule has 15 heavy (non-hydrogen) atoms. The van der Waals surface area contributed by atoms with Crippen LogP contribution in [0.1, 0.15) is 26.2 Å². The fraction of sp³-hybridized carbons (Fsp3) is 0.909. The van der Waals surface area contributed by atoms with Gasteiger partial charge < -0.3 is 10.2 Å². The van der Waals surface area contributed by atoms with Gasteiger partial charge in [-0.15, -0.1) is 0 Å². The van der Waals surface area contributed by atoms with Gasteiger partial charge in [-0.2, -0.15) is 0 Å². The van der Waals surface area contributed by atoms with Crippen LogP contribution in [0.4, 0.5) is 0 Å². The molecule has 2 aliphatic rings. The van der Waals surface area contributed by atoms with Crippen LogP contribution in [-0.4, -0.2) is 48.0 Å². The molecule has 2 rings (SSSR count). The average molecular weight is 227 g/mol. The standard InChI is InChI=1S/C11H21N3S/c1-3-10-7-12-11(15-10)13-9-5-4-6-14(2)8-9/h9-10H,3-8H2,1-2H3,(H,12,13). The van der Waals surface area contributed by atoms with Crippen LogP contribution >= 0.6 is 11.8 Å². The fourth-order valence-electron chi connectivity index (χ4n) is 2.17. The molecule has 2 unspecified atom stereocenters. The van der Waals surface area contributed by atoms with Crippen molar-refractivity contribution in [2.75, 3.05) is 26.7 Å². The lowest BCUT2D eigenvalue weighted by Gasteiger charge is -2.30. The van der Waals surface area contributed by atoms with E-state index < -0.39 is 0 Å². The number of rotatable bonds is 2. The molecular weight excluding hydrogens is 206 g/mol. The number of aliphatic imine (C=N–C) groups is 1. The minimum absolute atomic E-state index is 0.616. The normalized spacial score (nSPS) is 32.8. The third-order valence-corrected chi connectivity index (χ3v) is 4.41. The fourth-order valence-corrected chi connectivity index (χ4v) is 3.18. The number of likely N-dealkylation sites (tertiary alicyclic amines) is 1. The molecule has 1 saturated heterocycles. The number of piperidine rings is 1. The SMILES string of the molecule is CCC1CN=C(NC2CCCN(C)C2)S1. The van der Waals surface area contributed by atoms with Gasteiger partial charge in [0.05, 0.1) is 6.54 Å². The molecule has 1 fully saturated rings. The Morgan fingerprint density at radius 2 is 2.47 bits per heavy atom. The summed E-state index contributed by atoms with van der Waals surface area (Å²) in [6.07, 6.45) is 3.83. The number of nitrogens with zero attached hydrogens (tertiary/aromatic N) is 2. The lowest BCUT2D eigenvalue weighted by molar-refractivity contribution is 0.241. The van der Waals surface area contributed by atoms with Crippen LogP contribution in [0.3, 0.4) is 0 Å². The van der Waals surface area contributed by atoms with Crippen molar-refractivity contribution in [3.05, 3.63) is 0 Å². The van der Waals surface area contributed by atoms with Gasteiger partial charge in [0.25, 0.3) is 0 Å². The summed E-state index contributed by atoms with van der Waals surface area (Å²) in [4.78, 5) is 6.96. The molecule has 0 aromatic heterocycles. The molecule has 2 aliphatic heterocycles. The second-order valence-electron chi connectivity index (χ2n) is 4.54. The Morgan fingerprint density at radius 1 is 1.60 bits per heavy atom. The van der Waals surface area contributed by atoms with Crippen LogP contribution < -0.4 is 5.32 Å². The number of nitrogens with one attached hydrogen (secondary N) is 1. The first-order valence-electron chi connectivity index (χ1n) is 5.94. The predicted octanol–water partition coefficient (Wildman–Crippen LogP) is 1.55. The van der Waals surface area contributed by atoms with E-state index in [2.05, 4.69) is 29.2 Å². The van der Waals surface area contributed by atoms with Crippen LogP contribution in [-0.2, 0) is 0 Å². The molecule has 0 saturated carbocycles. The molecule has 0 aliphatic carbocycles. The zero-order chi connectivity index (χ0) is 10.7. The highest BCUT2D eigenvalue weighted by molar-refractivity contribution is 8.14. The summed E-state index contributed by atoms with van der Waals surface area (Å²) in [6.45, 7) is 5.66. The van der Waals surface area contributed by atoms with Gasteiger partial charge >= 0.3 is 0 Å².